The zero-order valence-corrected chi connectivity index (χ0v) is 13.4. The number of rotatable bonds is 4. The number of nitrogens with one attached hydrogen (secondary N) is 1. The van der Waals surface area contributed by atoms with Crippen molar-refractivity contribution in [2.75, 3.05) is 5.32 Å². The van der Waals surface area contributed by atoms with Crippen molar-refractivity contribution < 1.29 is 9.21 Å². The van der Waals surface area contributed by atoms with Crippen LogP contribution in [0.1, 0.15) is 36.4 Å². The minimum Gasteiger partial charge on any atom is -0.451 e. The Balaban J connectivity index is 1.58. The summed E-state index contributed by atoms with van der Waals surface area (Å²) in [4.78, 5) is 12.4. The largest absolute Gasteiger partial charge is 0.451 e. The van der Waals surface area contributed by atoms with Gasteiger partial charge in [-0.3, -0.25) is 4.79 Å². The molecule has 0 aliphatic heterocycles. The zero-order valence-electron chi connectivity index (χ0n) is 12.6. The minimum absolute atomic E-state index is 0.258. The van der Waals surface area contributed by atoms with E-state index in [9.17, 15) is 4.79 Å². The van der Waals surface area contributed by atoms with E-state index in [2.05, 4.69) is 17.3 Å². The van der Waals surface area contributed by atoms with Crippen LogP contribution in [0.2, 0.25) is 5.02 Å². The zero-order chi connectivity index (χ0) is 16.0. The third-order valence-corrected chi connectivity index (χ3v) is 4.54. The van der Waals surface area contributed by atoms with Gasteiger partial charge in [-0.2, -0.15) is 5.10 Å². The van der Waals surface area contributed by atoms with Crippen LogP contribution in [0, 0.1) is 5.92 Å². The Kier molecular flexibility index (Phi) is 3.38. The van der Waals surface area contributed by atoms with Gasteiger partial charge in [0.05, 0.1) is 12.2 Å². The molecule has 1 atom stereocenters. The second-order valence-electron chi connectivity index (χ2n) is 5.99. The van der Waals surface area contributed by atoms with Crippen LogP contribution >= 0.6 is 11.6 Å². The molecule has 0 radical (unpaired) electrons. The van der Waals surface area contributed by atoms with E-state index in [0.29, 0.717) is 22.3 Å². The summed E-state index contributed by atoms with van der Waals surface area (Å²) >= 11 is 5.96. The first-order valence-electron chi connectivity index (χ1n) is 7.66. The number of furan rings is 1. The summed E-state index contributed by atoms with van der Waals surface area (Å²) in [7, 11) is 0. The summed E-state index contributed by atoms with van der Waals surface area (Å²) in [6.07, 6.45) is 4.14. The Morgan fingerprint density at radius 3 is 3.00 bits per heavy atom. The van der Waals surface area contributed by atoms with Gasteiger partial charge in [-0.05, 0) is 49.9 Å². The van der Waals surface area contributed by atoms with Crippen molar-refractivity contribution in [1.29, 1.82) is 0 Å². The SMILES string of the molecule is CC(C1CC1)n1nccc1NC(=O)c1cc2cc(Cl)ccc2o1. The maximum atomic E-state index is 12.4. The molecule has 23 heavy (non-hydrogen) atoms. The molecule has 1 unspecified atom stereocenters. The van der Waals surface area contributed by atoms with E-state index < -0.39 is 0 Å². The van der Waals surface area contributed by atoms with Crippen LogP contribution in [0.15, 0.2) is 40.9 Å². The number of anilines is 1. The molecule has 4 rings (SSSR count). The summed E-state index contributed by atoms with van der Waals surface area (Å²) in [6.45, 7) is 2.13. The molecule has 6 heteroatoms. The first kappa shape index (κ1) is 14.3. The number of benzene rings is 1. The van der Waals surface area contributed by atoms with Crippen LogP contribution in [0.4, 0.5) is 5.82 Å². The molecular formula is C17H16ClN3O2. The predicted molar refractivity (Wildman–Crippen MR) is 88.8 cm³/mol. The van der Waals surface area contributed by atoms with E-state index >= 15 is 0 Å². The number of halogens is 1. The summed E-state index contributed by atoms with van der Waals surface area (Å²) in [5.41, 5.74) is 0.638. The maximum Gasteiger partial charge on any atom is 0.292 e. The molecule has 1 N–H and O–H groups in total. The third kappa shape index (κ3) is 2.72. The Morgan fingerprint density at radius 1 is 1.39 bits per heavy atom. The molecule has 0 saturated heterocycles. The van der Waals surface area contributed by atoms with Crippen LogP contribution in [0.5, 0.6) is 0 Å². The summed E-state index contributed by atoms with van der Waals surface area (Å²) in [6, 6.07) is 9.05. The number of hydrogen-bond acceptors (Lipinski definition) is 3. The fourth-order valence-electron chi connectivity index (χ4n) is 2.82. The number of fused-ring (bicyclic) bond motifs is 1. The molecule has 2 aromatic heterocycles. The van der Waals surface area contributed by atoms with Gasteiger partial charge in [-0.15, -0.1) is 0 Å². The lowest BCUT2D eigenvalue weighted by Crippen LogP contribution is -2.18. The monoisotopic (exact) mass is 329 g/mol. The molecule has 1 fully saturated rings. The topological polar surface area (TPSA) is 60.1 Å². The minimum atomic E-state index is -0.290. The fraction of sp³-hybridized carbons (Fsp3) is 0.294. The van der Waals surface area contributed by atoms with Gasteiger partial charge in [0.2, 0.25) is 0 Å². The van der Waals surface area contributed by atoms with Crippen LogP contribution in [-0.2, 0) is 0 Å². The molecule has 3 aromatic rings. The summed E-state index contributed by atoms with van der Waals surface area (Å²) in [5.74, 6) is 1.31. The van der Waals surface area contributed by atoms with E-state index in [4.69, 9.17) is 16.0 Å². The second-order valence-corrected chi connectivity index (χ2v) is 6.42. The highest BCUT2D eigenvalue weighted by atomic mass is 35.5. The van der Waals surface area contributed by atoms with Crippen molar-refractivity contribution in [2.24, 2.45) is 5.92 Å². The average molecular weight is 330 g/mol. The highest BCUT2D eigenvalue weighted by Gasteiger charge is 2.31. The van der Waals surface area contributed by atoms with E-state index in [1.54, 1.807) is 36.5 Å². The molecule has 0 spiro atoms. The van der Waals surface area contributed by atoms with Gasteiger partial charge in [0, 0.05) is 16.5 Å². The van der Waals surface area contributed by atoms with E-state index in [0.717, 1.165) is 5.39 Å². The van der Waals surface area contributed by atoms with Gasteiger partial charge in [0.25, 0.3) is 5.91 Å². The van der Waals surface area contributed by atoms with E-state index in [1.807, 2.05) is 4.68 Å². The number of nitrogens with zero attached hydrogens (tertiary/aromatic N) is 2. The lowest BCUT2D eigenvalue weighted by molar-refractivity contribution is 0.0997. The molecule has 1 amide bonds. The first-order chi connectivity index (χ1) is 11.1. The van der Waals surface area contributed by atoms with Gasteiger partial charge in [0.15, 0.2) is 5.76 Å². The van der Waals surface area contributed by atoms with Gasteiger partial charge in [-0.1, -0.05) is 11.6 Å². The van der Waals surface area contributed by atoms with Gasteiger partial charge in [-0.25, -0.2) is 4.68 Å². The lowest BCUT2D eigenvalue weighted by atomic mass is 10.2. The highest BCUT2D eigenvalue weighted by Crippen LogP contribution is 2.40. The number of amides is 1. The van der Waals surface area contributed by atoms with Gasteiger partial charge >= 0.3 is 0 Å². The van der Waals surface area contributed by atoms with Gasteiger partial charge < -0.3 is 9.73 Å². The lowest BCUT2D eigenvalue weighted by Gasteiger charge is -2.14. The molecule has 2 heterocycles. The van der Waals surface area contributed by atoms with Crippen molar-refractivity contribution in [3.05, 3.63) is 47.3 Å². The molecular weight excluding hydrogens is 314 g/mol. The van der Waals surface area contributed by atoms with E-state index in [1.165, 1.54) is 12.8 Å². The molecule has 0 bridgehead atoms. The third-order valence-electron chi connectivity index (χ3n) is 4.30. The Bertz CT molecular complexity index is 879. The fourth-order valence-corrected chi connectivity index (χ4v) is 3.00. The van der Waals surface area contributed by atoms with Crippen molar-refractivity contribution >= 4 is 34.3 Å². The first-order valence-corrected chi connectivity index (χ1v) is 8.03. The molecule has 1 aromatic carbocycles. The molecule has 1 aliphatic rings. The Hall–Kier alpha value is -2.27. The number of carbonyl (C=O) groups is 1. The predicted octanol–water partition coefficient (Wildman–Crippen LogP) is 4.51. The smallest absolute Gasteiger partial charge is 0.292 e. The number of aromatic nitrogens is 2. The molecule has 118 valence electrons. The summed E-state index contributed by atoms with van der Waals surface area (Å²) in [5, 5.41) is 8.63. The van der Waals surface area contributed by atoms with Crippen molar-refractivity contribution in [3.8, 4) is 0 Å². The standard InChI is InChI=1S/C17H16ClN3O2/c1-10(11-2-3-11)21-16(6-7-19-21)20-17(22)15-9-12-8-13(18)4-5-14(12)23-15/h4-11H,2-3H2,1H3,(H,20,22). The highest BCUT2D eigenvalue weighted by molar-refractivity contribution is 6.31. The van der Waals surface area contributed by atoms with Crippen molar-refractivity contribution in [3.63, 3.8) is 0 Å². The Labute approximate surface area is 138 Å². The average Bonchev–Trinajstić information content (AvgIpc) is 3.13. The van der Waals surface area contributed by atoms with Crippen molar-refractivity contribution in [1.82, 2.24) is 9.78 Å². The second kappa shape index (κ2) is 5.42. The van der Waals surface area contributed by atoms with Crippen LogP contribution in [0.3, 0.4) is 0 Å². The van der Waals surface area contributed by atoms with E-state index in [-0.39, 0.29) is 17.7 Å². The normalized spacial score (nSPS) is 15.7. The Morgan fingerprint density at radius 2 is 2.22 bits per heavy atom. The number of hydrogen-bond donors (Lipinski definition) is 1. The van der Waals surface area contributed by atoms with Crippen LogP contribution in [0.25, 0.3) is 11.0 Å². The quantitative estimate of drug-likeness (QED) is 0.766. The summed E-state index contributed by atoms with van der Waals surface area (Å²) < 4.78 is 7.46. The maximum absolute atomic E-state index is 12.4. The van der Waals surface area contributed by atoms with Gasteiger partial charge in [0.1, 0.15) is 11.4 Å². The van der Waals surface area contributed by atoms with Crippen LogP contribution < -0.4 is 5.32 Å². The molecule has 5 nitrogen and oxygen atoms in total. The number of carbonyl (C=O) groups excluding carboxylic acids is 1. The molecule has 1 aliphatic carbocycles. The van der Waals surface area contributed by atoms with Crippen molar-refractivity contribution in [2.45, 2.75) is 25.8 Å². The molecule has 1 saturated carbocycles. The van der Waals surface area contributed by atoms with Crippen LogP contribution in [-0.4, -0.2) is 15.7 Å².